The average Bonchev–Trinajstić information content (AvgIpc) is 2.87. The number of carbonyl (C=O) groups is 2. The summed E-state index contributed by atoms with van der Waals surface area (Å²) in [5.41, 5.74) is 0. The number of hydrogen-bond donors (Lipinski definition) is 2. The van der Waals surface area contributed by atoms with Crippen LogP contribution in [0.25, 0.3) is 0 Å². The fraction of sp³-hybridized carbons (Fsp3) is 0.724. The van der Waals surface area contributed by atoms with Crippen LogP contribution in [0.15, 0.2) is 36.5 Å². The molecule has 0 rings (SSSR count). The molecule has 0 aromatic heterocycles. The number of allylic oxidation sites excluding steroid dienone is 6. The van der Waals surface area contributed by atoms with E-state index in [-0.39, 0.29) is 19.4 Å². The Bertz CT molecular complexity index is 726. The molecule has 0 aliphatic rings. The fourth-order valence-corrected chi connectivity index (χ4v) is 3.97. The molecule has 220 valence electrons. The molecule has 1 atom stereocenters. The van der Waals surface area contributed by atoms with Crippen LogP contribution in [-0.2, 0) is 28.2 Å². The van der Waals surface area contributed by atoms with Crippen LogP contribution in [0.5, 0.6) is 0 Å². The highest BCUT2D eigenvalue weighted by Crippen LogP contribution is 2.35. The van der Waals surface area contributed by atoms with E-state index in [4.69, 9.17) is 19.3 Å². The number of rotatable bonds is 25. The fourth-order valence-electron chi connectivity index (χ4n) is 3.61. The van der Waals surface area contributed by atoms with Crippen molar-refractivity contribution in [3.8, 4) is 0 Å². The van der Waals surface area contributed by atoms with Crippen molar-refractivity contribution in [3.05, 3.63) is 36.5 Å². The van der Waals surface area contributed by atoms with E-state index >= 15 is 0 Å². The maximum atomic E-state index is 12.2. The maximum absolute atomic E-state index is 12.2. The molecule has 0 aromatic rings. The van der Waals surface area contributed by atoms with Gasteiger partial charge in [-0.3, -0.25) is 14.1 Å². The Labute approximate surface area is 230 Å². The number of carbonyl (C=O) groups excluding carboxylic acids is 2. The second kappa shape index (κ2) is 25.5. The lowest BCUT2D eigenvalue weighted by atomic mass is 10.1. The molecular weight excluding hydrogens is 507 g/mol. The minimum absolute atomic E-state index is 0.189. The van der Waals surface area contributed by atoms with Gasteiger partial charge in [-0.25, -0.2) is 4.57 Å². The first kappa shape index (κ1) is 36.3. The lowest BCUT2D eigenvalue weighted by Crippen LogP contribution is -2.29. The summed E-state index contributed by atoms with van der Waals surface area (Å²) in [5, 5.41) is 0. The number of esters is 2. The predicted molar refractivity (Wildman–Crippen MR) is 151 cm³/mol. The molecule has 0 aliphatic carbocycles. The first-order chi connectivity index (χ1) is 18.3. The third-order valence-electron chi connectivity index (χ3n) is 5.73. The van der Waals surface area contributed by atoms with Gasteiger partial charge >= 0.3 is 19.8 Å². The van der Waals surface area contributed by atoms with Crippen LogP contribution < -0.4 is 0 Å². The molecule has 0 aliphatic heterocycles. The van der Waals surface area contributed by atoms with Crippen LogP contribution in [0.1, 0.15) is 117 Å². The van der Waals surface area contributed by atoms with Gasteiger partial charge in [0.1, 0.15) is 6.61 Å². The summed E-state index contributed by atoms with van der Waals surface area (Å²) in [6.45, 7) is 3.43. The van der Waals surface area contributed by atoms with E-state index in [0.717, 1.165) is 64.2 Å². The minimum Gasteiger partial charge on any atom is -0.462 e. The average molecular weight is 559 g/mol. The van der Waals surface area contributed by atoms with Crippen LogP contribution in [0.4, 0.5) is 0 Å². The standard InChI is InChI=1S/C29H51O8P/c1-3-5-7-9-11-12-13-14-15-16-18-20-22-24-29(31)37-27(26-36-38(32,33)34)25-35-28(30)23-21-19-17-10-8-6-4-2/h5,7,9,11-13,27H,3-4,6,8,10,14-26H2,1-2H3,(H2,32,33,34)/b7-5+,11-9+,13-12+. The molecule has 1 unspecified atom stereocenters. The van der Waals surface area contributed by atoms with Crippen LogP contribution in [0.2, 0.25) is 0 Å². The molecule has 0 fully saturated rings. The Morgan fingerprint density at radius 3 is 1.87 bits per heavy atom. The van der Waals surface area contributed by atoms with Crippen molar-refractivity contribution in [3.63, 3.8) is 0 Å². The van der Waals surface area contributed by atoms with E-state index in [2.05, 4.69) is 36.6 Å². The van der Waals surface area contributed by atoms with Crippen molar-refractivity contribution in [1.82, 2.24) is 0 Å². The highest BCUT2D eigenvalue weighted by atomic mass is 31.2. The summed E-state index contributed by atoms with van der Waals surface area (Å²) in [6, 6.07) is 0. The van der Waals surface area contributed by atoms with E-state index in [1.54, 1.807) is 0 Å². The first-order valence-corrected chi connectivity index (χ1v) is 15.8. The Balaban J connectivity index is 4.13. The molecule has 0 aromatic carbocycles. The van der Waals surface area contributed by atoms with Gasteiger partial charge in [0.15, 0.2) is 6.10 Å². The summed E-state index contributed by atoms with van der Waals surface area (Å²) in [7, 11) is -4.74. The Kier molecular flexibility index (Phi) is 24.4. The van der Waals surface area contributed by atoms with Gasteiger partial charge in [0.05, 0.1) is 6.61 Å². The van der Waals surface area contributed by atoms with Crippen LogP contribution in [0.3, 0.4) is 0 Å². The van der Waals surface area contributed by atoms with Crippen molar-refractivity contribution in [1.29, 1.82) is 0 Å². The van der Waals surface area contributed by atoms with Crippen LogP contribution in [-0.4, -0.2) is 41.0 Å². The number of unbranched alkanes of at least 4 members (excludes halogenated alkanes) is 11. The molecule has 0 amide bonds. The second-order valence-electron chi connectivity index (χ2n) is 9.41. The van der Waals surface area contributed by atoms with Gasteiger partial charge in [-0.05, 0) is 32.1 Å². The summed E-state index contributed by atoms with van der Waals surface area (Å²) in [5.74, 6) is -0.922. The van der Waals surface area contributed by atoms with Gasteiger partial charge in [-0.2, -0.15) is 0 Å². The smallest absolute Gasteiger partial charge is 0.462 e. The van der Waals surface area contributed by atoms with Gasteiger partial charge in [0.2, 0.25) is 0 Å². The van der Waals surface area contributed by atoms with Crippen molar-refractivity contribution in [2.75, 3.05) is 13.2 Å². The van der Waals surface area contributed by atoms with E-state index in [9.17, 15) is 14.2 Å². The topological polar surface area (TPSA) is 119 Å². The zero-order valence-electron chi connectivity index (χ0n) is 23.6. The predicted octanol–water partition coefficient (Wildman–Crippen LogP) is 7.50. The van der Waals surface area contributed by atoms with Crippen LogP contribution >= 0.6 is 7.82 Å². The number of phosphoric ester groups is 1. The quantitative estimate of drug-likeness (QED) is 0.0511. The molecular formula is C29H51O8P. The van der Waals surface area contributed by atoms with Gasteiger partial charge in [-0.15, -0.1) is 0 Å². The molecule has 0 saturated heterocycles. The van der Waals surface area contributed by atoms with Crippen molar-refractivity contribution in [2.24, 2.45) is 0 Å². The molecule has 0 radical (unpaired) electrons. The Hall–Kier alpha value is -1.73. The highest BCUT2D eigenvalue weighted by molar-refractivity contribution is 7.46. The van der Waals surface area contributed by atoms with Gasteiger partial charge in [0, 0.05) is 12.8 Å². The van der Waals surface area contributed by atoms with E-state index in [1.165, 1.54) is 19.3 Å². The third kappa shape index (κ3) is 27.3. The normalized spacial score (nSPS) is 13.1. The molecule has 0 saturated carbocycles. The minimum atomic E-state index is -4.74. The van der Waals surface area contributed by atoms with Crippen molar-refractivity contribution in [2.45, 2.75) is 123 Å². The molecule has 8 nitrogen and oxygen atoms in total. The van der Waals surface area contributed by atoms with E-state index in [1.807, 2.05) is 18.2 Å². The molecule has 0 spiro atoms. The third-order valence-corrected chi connectivity index (χ3v) is 6.22. The molecule has 9 heteroatoms. The summed E-state index contributed by atoms with van der Waals surface area (Å²) in [4.78, 5) is 42.2. The van der Waals surface area contributed by atoms with Crippen molar-refractivity contribution >= 4 is 19.8 Å². The lowest BCUT2D eigenvalue weighted by molar-refractivity contribution is -0.161. The zero-order chi connectivity index (χ0) is 28.3. The summed E-state index contributed by atoms with van der Waals surface area (Å²) < 4.78 is 26.0. The largest absolute Gasteiger partial charge is 0.469 e. The Morgan fingerprint density at radius 2 is 1.26 bits per heavy atom. The van der Waals surface area contributed by atoms with E-state index < -0.39 is 32.5 Å². The van der Waals surface area contributed by atoms with Gasteiger partial charge in [-0.1, -0.05) is 108 Å². The molecule has 0 bridgehead atoms. The monoisotopic (exact) mass is 558 g/mol. The number of phosphoric acid groups is 1. The van der Waals surface area contributed by atoms with Crippen molar-refractivity contribution < 1.29 is 37.9 Å². The maximum Gasteiger partial charge on any atom is 0.469 e. The van der Waals surface area contributed by atoms with Crippen LogP contribution in [0, 0.1) is 0 Å². The first-order valence-electron chi connectivity index (χ1n) is 14.3. The lowest BCUT2D eigenvalue weighted by Gasteiger charge is -2.18. The summed E-state index contributed by atoms with van der Waals surface area (Å²) >= 11 is 0. The van der Waals surface area contributed by atoms with Gasteiger partial charge < -0.3 is 19.3 Å². The molecule has 0 heterocycles. The highest BCUT2D eigenvalue weighted by Gasteiger charge is 2.22. The SMILES string of the molecule is CC/C=C/C=C/C=C/CCCCCCCC(=O)OC(COC(=O)CCCCCCCCC)COP(=O)(O)O. The van der Waals surface area contributed by atoms with Gasteiger partial charge in [0.25, 0.3) is 0 Å². The number of hydrogen-bond acceptors (Lipinski definition) is 6. The second-order valence-corrected chi connectivity index (χ2v) is 10.6. The van der Waals surface area contributed by atoms with E-state index in [0.29, 0.717) is 6.42 Å². The molecule has 38 heavy (non-hydrogen) atoms. The number of ether oxygens (including phenoxy) is 2. The summed E-state index contributed by atoms with van der Waals surface area (Å²) in [6.07, 6.45) is 26.1. The zero-order valence-corrected chi connectivity index (χ0v) is 24.5. The Morgan fingerprint density at radius 1 is 0.711 bits per heavy atom. The molecule has 2 N–H and O–H groups in total.